The normalized spacial score (nSPS) is 10.8. The average Bonchev–Trinajstić information content (AvgIpc) is 2.79. The number of nitrogens with zero attached hydrogens (tertiary/aromatic N) is 2. The van der Waals surface area contributed by atoms with Crippen molar-refractivity contribution in [2.75, 3.05) is 5.32 Å². The van der Waals surface area contributed by atoms with Crippen LogP contribution in [-0.2, 0) is 11.3 Å². The molecule has 0 fully saturated rings. The van der Waals surface area contributed by atoms with Crippen LogP contribution in [0, 0.1) is 6.92 Å². The Morgan fingerprint density at radius 3 is 2.71 bits per heavy atom. The molecule has 0 atom stereocenters. The Bertz CT molecular complexity index is 810. The first kappa shape index (κ1) is 13.6. The first-order chi connectivity index (χ1) is 10.1. The predicted octanol–water partition coefficient (Wildman–Crippen LogP) is 3.64. The van der Waals surface area contributed by atoms with Crippen LogP contribution in [0.2, 0.25) is 5.02 Å². The second-order valence-electron chi connectivity index (χ2n) is 4.79. The number of para-hydroxylation sites is 2. The van der Waals surface area contributed by atoms with Crippen LogP contribution >= 0.6 is 11.6 Å². The zero-order valence-electron chi connectivity index (χ0n) is 11.5. The number of halogens is 1. The van der Waals surface area contributed by atoms with Crippen molar-refractivity contribution >= 4 is 34.1 Å². The van der Waals surface area contributed by atoms with Crippen LogP contribution < -0.4 is 5.32 Å². The minimum Gasteiger partial charge on any atom is -0.323 e. The molecule has 3 rings (SSSR count). The first-order valence-corrected chi connectivity index (χ1v) is 6.99. The molecule has 5 heteroatoms. The van der Waals surface area contributed by atoms with Gasteiger partial charge in [0.15, 0.2) is 0 Å². The highest BCUT2D eigenvalue weighted by molar-refractivity contribution is 6.33. The van der Waals surface area contributed by atoms with Crippen molar-refractivity contribution in [1.82, 2.24) is 9.78 Å². The van der Waals surface area contributed by atoms with Gasteiger partial charge in [-0.3, -0.25) is 9.48 Å². The molecule has 0 radical (unpaired) electrons. The van der Waals surface area contributed by atoms with E-state index in [2.05, 4.69) is 10.4 Å². The highest BCUT2D eigenvalue weighted by Gasteiger charge is 2.11. The monoisotopic (exact) mass is 299 g/mol. The Hall–Kier alpha value is -2.33. The lowest BCUT2D eigenvalue weighted by atomic mass is 10.2. The molecule has 1 N–H and O–H groups in total. The van der Waals surface area contributed by atoms with Gasteiger partial charge in [0.25, 0.3) is 0 Å². The Morgan fingerprint density at radius 1 is 1.19 bits per heavy atom. The minimum absolute atomic E-state index is 0.152. The second kappa shape index (κ2) is 5.58. The summed E-state index contributed by atoms with van der Waals surface area (Å²) < 4.78 is 1.71. The molecule has 106 valence electrons. The van der Waals surface area contributed by atoms with Gasteiger partial charge < -0.3 is 5.32 Å². The Kier molecular flexibility index (Phi) is 3.62. The number of nitrogens with one attached hydrogen (secondary N) is 1. The van der Waals surface area contributed by atoms with Gasteiger partial charge in [-0.15, -0.1) is 0 Å². The summed E-state index contributed by atoms with van der Waals surface area (Å²) in [6, 6.07) is 15.0. The van der Waals surface area contributed by atoms with Gasteiger partial charge in [0, 0.05) is 5.39 Å². The van der Waals surface area contributed by atoms with E-state index in [0.717, 1.165) is 16.6 Å². The fourth-order valence-electron chi connectivity index (χ4n) is 2.30. The van der Waals surface area contributed by atoms with Crippen molar-refractivity contribution in [3.05, 3.63) is 59.2 Å². The van der Waals surface area contributed by atoms with Gasteiger partial charge >= 0.3 is 0 Å². The molecular formula is C16H14ClN3O. The number of anilines is 1. The van der Waals surface area contributed by atoms with Gasteiger partial charge in [0.05, 0.1) is 21.9 Å². The highest BCUT2D eigenvalue weighted by Crippen LogP contribution is 2.21. The van der Waals surface area contributed by atoms with Crippen molar-refractivity contribution in [3.8, 4) is 0 Å². The van der Waals surface area contributed by atoms with Crippen molar-refractivity contribution < 1.29 is 4.79 Å². The number of aromatic nitrogens is 2. The minimum atomic E-state index is -0.156. The van der Waals surface area contributed by atoms with E-state index in [4.69, 9.17) is 11.6 Å². The maximum Gasteiger partial charge on any atom is 0.246 e. The molecule has 0 aliphatic heterocycles. The summed E-state index contributed by atoms with van der Waals surface area (Å²) >= 11 is 6.03. The molecule has 0 saturated carbocycles. The van der Waals surface area contributed by atoms with E-state index in [0.29, 0.717) is 10.7 Å². The number of hydrogen-bond acceptors (Lipinski definition) is 2. The average molecular weight is 300 g/mol. The summed E-state index contributed by atoms with van der Waals surface area (Å²) in [5, 5.41) is 8.80. The van der Waals surface area contributed by atoms with E-state index in [1.165, 1.54) is 0 Å². The number of amides is 1. The molecule has 21 heavy (non-hydrogen) atoms. The third-order valence-electron chi connectivity index (χ3n) is 3.28. The molecule has 0 unspecified atom stereocenters. The predicted molar refractivity (Wildman–Crippen MR) is 84.6 cm³/mol. The number of rotatable bonds is 3. The lowest BCUT2D eigenvalue weighted by molar-refractivity contribution is -0.116. The van der Waals surface area contributed by atoms with Gasteiger partial charge in [0.2, 0.25) is 5.91 Å². The number of carbonyl (C=O) groups is 1. The van der Waals surface area contributed by atoms with Crippen molar-refractivity contribution in [1.29, 1.82) is 0 Å². The van der Waals surface area contributed by atoms with Crippen LogP contribution in [0.5, 0.6) is 0 Å². The molecule has 0 bridgehead atoms. The summed E-state index contributed by atoms with van der Waals surface area (Å²) in [4.78, 5) is 12.2. The maximum atomic E-state index is 12.2. The van der Waals surface area contributed by atoms with Crippen LogP contribution in [0.3, 0.4) is 0 Å². The van der Waals surface area contributed by atoms with Gasteiger partial charge in [-0.05, 0) is 25.1 Å². The third kappa shape index (κ3) is 2.76. The number of benzene rings is 2. The van der Waals surface area contributed by atoms with Crippen molar-refractivity contribution in [3.63, 3.8) is 0 Å². The van der Waals surface area contributed by atoms with Crippen molar-refractivity contribution in [2.24, 2.45) is 0 Å². The summed E-state index contributed by atoms with van der Waals surface area (Å²) in [6.07, 6.45) is 0. The highest BCUT2D eigenvalue weighted by atomic mass is 35.5. The van der Waals surface area contributed by atoms with Gasteiger partial charge in [0.1, 0.15) is 6.54 Å². The summed E-state index contributed by atoms with van der Waals surface area (Å²) in [5.74, 6) is -0.156. The van der Waals surface area contributed by atoms with Crippen LogP contribution in [0.1, 0.15) is 5.69 Å². The Morgan fingerprint density at radius 2 is 1.90 bits per heavy atom. The smallest absolute Gasteiger partial charge is 0.246 e. The standard InChI is InChI=1S/C16H14ClN3O/c1-11-12-6-2-5-9-15(12)20(19-11)10-16(21)18-14-8-4-3-7-13(14)17/h2-9H,10H2,1H3,(H,18,21). The Balaban J connectivity index is 1.82. The fourth-order valence-corrected chi connectivity index (χ4v) is 2.49. The molecule has 0 saturated heterocycles. The molecule has 1 heterocycles. The molecule has 4 nitrogen and oxygen atoms in total. The van der Waals surface area contributed by atoms with Crippen LogP contribution in [0.15, 0.2) is 48.5 Å². The SMILES string of the molecule is Cc1nn(CC(=O)Nc2ccccc2Cl)c2ccccc12. The zero-order chi connectivity index (χ0) is 14.8. The fraction of sp³-hybridized carbons (Fsp3) is 0.125. The quantitative estimate of drug-likeness (QED) is 0.802. The number of aryl methyl sites for hydroxylation is 1. The molecule has 0 spiro atoms. The number of hydrogen-bond donors (Lipinski definition) is 1. The second-order valence-corrected chi connectivity index (χ2v) is 5.20. The van der Waals surface area contributed by atoms with E-state index >= 15 is 0 Å². The molecular weight excluding hydrogens is 286 g/mol. The van der Waals surface area contributed by atoms with Crippen molar-refractivity contribution in [2.45, 2.75) is 13.5 Å². The lowest BCUT2D eigenvalue weighted by Crippen LogP contribution is -2.19. The Labute approximate surface area is 127 Å². The molecule has 0 aliphatic carbocycles. The summed E-state index contributed by atoms with van der Waals surface area (Å²) in [7, 11) is 0. The van der Waals surface area contributed by atoms with Gasteiger partial charge in [-0.25, -0.2) is 0 Å². The van der Waals surface area contributed by atoms with E-state index in [1.54, 1.807) is 16.8 Å². The molecule has 2 aromatic carbocycles. The summed E-state index contributed by atoms with van der Waals surface area (Å²) in [6.45, 7) is 2.09. The molecule has 3 aromatic rings. The van der Waals surface area contributed by atoms with E-state index in [-0.39, 0.29) is 12.5 Å². The molecule has 0 aliphatic rings. The number of fused-ring (bicyclic) bond motifs is 1. The largest absolute Gasteiger partial charge is 0.323 e. The van der Waals surface area contributed by atoms with Gasteiger partial charge in [-0.2, -0.15) is 5.10 Å². The maximum absolute atomic E-state index is 12.2. The van der Waals surface area contributed by atoms with Crippen LogP contribution in [0.25, 0.3) is 10.9 Å². The molecule has 1 amide bonds. The van der Waals surface area contributed by atoms with Crippen LogP contribution in [0.4, 0.5) is 5.69 Å². The van der Waals surface area contributed by atoms with Crippen LogP contribution in [-0.4, -0.2) is 15.7 Å². The zero-order valence-corrected chi connectivity index (χ0v) is 12.3. The third-order valence-corrected chi connectivity index (χ3v) is 3.61. The molecule has 1 aromatic heterocycles. The topological polar surface area (TPSA) is 46.9 Å². The first-order valence-electron chi connectivity index (χ1n) is 6.61. The van der Waals surface area contributed by atoms with E-state index < -0.39 is 0 Å². The lowest BCUT2D eigenvalue weighted by Gasteiger charge is -2.07. The van der Waals surface area contributed by atoms with E-state index in [1.807, 2.05) is 43.3 Å². The van der Waals surface area contributed by atoms with Gasteiger partial charge in [-0.1, -0.05) is 41.9 Å². The number of carbonyl (C=O) groups excluding carboxylic acids is 1. The summed E-state index contributed by atoms with van der Waals surface area (Å²) in [5.41, 5.74) is 2.47. The van der Waals surface area contributed by atoms with E-state index in [9.17, 15) is 4.79 Å².